The summed E-state index contributed by atoms with van der Waals surface area (Å²) >= 11 is 0. The molecule has 0 aromatic carbocycles. The number of hydrogen-bond donors (Lipinski definition) is 1. The SMILES string of the molecule is CC(C)(CN)C(=O)OCC1CC1. The Morgan fingerprint density at radius 2 is 2.17 bits per heavy atom. The van der Waals surface area contributed by atoms with Gasteiger partial charge in [0, 0.05) is 6.54 Å². The third-order valence-corrected chi connectivity index (χ3v) is 2.21. The topological polar surface area (TPSA) is 52.3 Å². The number of hydrogen-bond acceptors (Lipinski definition) is 3. The summed E-state index contributed by atoms with van der Waals surface area (Å²) in [7, 11) is 0. The second-order valence-corrected chi connectivity index (χ2v) is 4.13. The van der Waals surface area contributed by atoms with E-state index in [2.05, 4.69) is 0 Å². The van der Waals surface area contributed by atoms with E-state index in [1.165, 1.54) is 12.8 Å². The number of carbonyl (C=O) groups excluding carboxylic acids is 1. The zero-order valence-electron chi connectivity index (χ0n) is 7.80. The van der Waals surface area contributed by atoms with Gasteiger partial charge in [0.15, 0.2) is 0 Å². The Morgan fingerprint density at radius 1 is 1.58 bits per heavy atom. The molecule has 0 spiro atoms. The molecule has 1 aliphatic rings. The summed E-state index contributed by atoms with van der Waals surface area (Å²) in [6, 6.07) is 0. The maximum Gasteiger partial charge on any atom is 0.312 e. The first-order valence-electron chi connectivity index (χ1n) is 4.43. The van der Waals surface area contributed by atoms with Crippen LogP contribution in [0.3, 0.4) is 0 Å². The largest absolute Gasteiger partial charge is 0.465 e. The molecule has 0 aromatic heterocycles. The molecule has 0 radical (unpaired) electrons. The fourth-order valence-corrected chi connectivity index (χ4v) is 0.757. The van der Waals surface area contributed by atoms with Gasteiger partial charge >= 0.3 is 5.97 Å². The first-order chi connectivity index (χ1) is 5.56. The lowest BCUT2D eigenvalue weighted by Gasteiger charge is -2.19. The van der Waals surface area contributed by atoms with Crippen molar-refractivity contribution < 1.29 is 9.53 Å². The van der Waals surface area contributed by atoms with Crippen LogP contribution in [0.1, 0.15) is 26.7 Å². The Bertz CT molecular complexity index is 173. The van der Waals surface area contributed by atoms with Crippen LogP contribution in [0.2, 0.25) is 0 Å². The highest BCUT2D eigenvalue weighted by molar-refractivity contribution is 5.76. The lowest BCUT2D eigenvalue weighted by molar-refractivity contribution is -0.153. The summed E-state index contributed by atoms with van der Waals surface area (Å²) in [6.07, 6.45) is 2.41. The van der Waals surface area contributed by atoms with Gasteiger partial charge in [-0.25, -0.2) is 0 Å². The Hall–Kier alpha value is -0.570. The van der Waals surface area contributed by atoms with E-state index in [0.29, 0.717) is 19.1 Å². The highest BCUT2D eigenvalue weighted by Crippen LogP contribution is 2.29. The Labute approximate surface area is 73.3 Å². The number of rotatable bonds is 4. The van der Waals surface area contributed by atoms with E-state index >= 15 is 0 Å². The predicted octanol–water partition coefficient (Wildman–Crippen LogP) is 0.924. The van der Waals surface area contributed by atoms with E-state index in [0.717, 1.165) is 0 Å². The van der Waals surface area contributed by atoms with Crippen molar-refractivity contribution in [2.75, 3.05) is 13.2 Å². The molecule has 0 unspecified atom stereocenters. The van der Waals surface area contributed by atoms with Crippen molar-refractivity contribution in [1.29, 1.82) is 0 Å². The van der Waals surface area contributed by atoms with Gasteiger partial charge in [0.25, 0.3) is 0 Å². The van der Waals surface area contributed by atoms with Crippen LogP contribution in [0.25, 0.3) is 0 Å². The summed E-state index contributed by atoms with van der Waals surface area (Å²) in [6.45, 7) is 4.54. The Kier molecular flexibility index (Phi) is 2.73. The third-order valence-electron chi connectivity index (χ3n) is 2.21. The molecule has 1 saturated carbocycles. The van der Waals surface area contributed by atoms with E-state index < -0.39 is 5.41 Å². The second kappa shape index (κ2) is 3.44. The predicted molar refractivity (Wildman–Crippen MR) is 46.5 cm³/mol. The number of carbonyl (C=O) groups is 1. The standard InChI is InChI=1S/C9H17NO2/c1-9(2,6-10)8(11)12-5-7-3-4-7/h7H,3-6,10H2,1-2H3. The molecule has 3 nitrogen and oxygen atoms in total. The van der Waals surface area contributed by atoms with Gasteiger partial charge in [-0.2, -0.15) is 0 Å². The summed E-state index contributed by atoms with van der Waals surface area (Å²) in [5.41, 5.74) is 4.91. The zero-order valence-corrected chi connectivity index (χ0v) is 7.80. The van der Waals surface area contributed by atoms with E-state index in [9.17, 15) is 4.79 Å². The molecule has 12 heavy (non-hydrogen) atoms. The normalized spacial score (nSPS) is 17.6. The molecular formula is C9H17NO2. The van der Waals surface area contributed by atoms with Gasteiger partial charge in [-0.3, -0.25) is 4.79 Å². The van der Waals surface area contributed by atoms with Crippen LogP contribution in [0.15, 0.2) is 0 Å². The minimum atomic E-state index is -0.519. The van der Waals surface area contributed by atoms with E-state index in [-0.39, 0.29) is 5.97 Å². The zero-order chi connectivity index (χ0) is 9.19. The van der Waals surface area contributed by atoms with Crippen molar-refractivity contribution in [3.05, 3.63) is 0 Å². The molecule has 0 saturated heterocycles. The lowest BCUT2D eigenvalue weighted by Crippen LogP contribution is -2.34. The number of ether oxygens (including phenoxy) is 1. The van der Waals surface area contributed by atoms with E-state index in [4.69, 9.17) is 10.5 Å². The van der Waals surface area contributed by atoms with Crippen molar-refractivity contribution in [2.24, 2.45) is 17.1 Å². The van der Waals surface area contributed by atoms with Gasteiger partial charge < -0.3 is 10.5 Å². The number of esters is 1. The Morgan fingerprint density at radius 3 is 2.58 bits per heavy atom. The second-order valence-electron chi connectivity index (χ2n) is 4.13. The van der Waals surface area contributed by atoms with Crippen LogP contribution in [0.5, 0.6) is 0 Å². The molecule has 0 aliphatic heterocycles. The molecule has 1 fully saturated rings. The minimum absolute atomic E-state index is 0.170. The molecule has 0 bridgehead atoms. The van der Waals surface area contributed by atoms with Crippen molar-refractivity contribution in [3.63, 3.8) is 0 Å². The summed E-state index contributed by atoms with van der Waals surface area (Å²) in [5, 5.41) is 0. The van der Waals surface area contributed by atoms with Crippen molar-refractivity contribution >= 4 is 5.97 Å². The minimum Gasteiger partial charge on any atom is -0.465 e. The first-order valence-corrected chi connectivity index (χ1v) is 4.43. The van der Waals surface area contributed by atoms with Crippen LogP contribution in [-0.2, 0) is 9.53 Å². The molecule has 2 N–H and O–H groups in total. The molecule has 1 rings (SSSR count). The highest BCUT2D eigenvalue weighted by Gasteiger charge is 2.30. The van der Waals surface area contributed by atoms with Gasteiger partial charge in [0.2, 0.25) is 0 Å². The van der Waals surface area contributed by atoms with Gasteiger partial charge in [0.1, 0.15) is 0 Å². The highest BCUT2D eigenvalue weighted by atomic mass is 16.5. The first kappa shape index (κ1) is 9.52. The number of nitrogens with two attached hydrogens (primary N) is 1. The van der Waals surface area contributed by atoms with Crippen LogP contribution in [0.4, 0.5) is 0 Å². The maximum absolute atomic E-state index is 11.3. The Balaban J connectivity index is 2.25. The van der Waals surface area contributed by atoms with Crippen molar-refractivity contribution in [2.45, 2.75) is 26.7 Å². The summed E-state index contributed by atoms with van der Waals surface area (Å²) in [5.74, 6) is 0.458. The molecule has 70 valence electrons. The third kappa shape index (κ3) is 2.48. The van der Waals surface area contributed by atoms with Crippen LogP contribution < -0.4 is 5.73 Å². The van der Waals surface area contributed by atoms with Crippen LogP contribution in [-0.4, -0.2) is 19.1 Å². The summed E-state index contributed by atoms with van der Waals surface area (Å²) in [4.78, 5) is 11.3. The molecule has 0 aromatic rings. The molecule has 3 heteroatoms. The fourth-order valence-electron chi connectivity index (χ4n) is 0.757. The maximum atomic E-state index is 11.3. The summed E-state index contributed by atoms with van der Waals surface area (Å²) < 4.78 is 5.10. The van der Waals surface area contributed by atoms with Crippen LogP contribution >= 0.6 is 0 Å². The van der Waals surface area contributed by atoms with Gasteiger partial charge in [-0.15, -0.1) is 0 Å². The van der Waals surface area contributed by atoms with E-state index in [1.54, 1.807) is 0 Å². The fraction of sp³-hybridized carbons (Fsp3) is 0.889. The van der Waals surface area contributed by atoms with Gasteiger partial charge in [0.05, 0.1) is 12.0 Å². The van der Waals surface area contributed by atoms with Gasteiger partial charge in [-0.1, -0.05) is 0 Å². The van der Waals surface area contributed by atoms with Crippen molar-refractivity contribution in [3.8, 4) is 0 Å². The molecule has 0 amide bonds. The quantitative estimate of drug-likeness (QED) is 0.640. The average molecular weight is 171 g/mol. The van der Waals surface area contributed by atoms with Crippen LogP contribution in [0, 0.1) is 11.3 Å². The lowest BCUT2D eigenvalue weighted by atomic mass is 9.94. The molecule has 0 heterocycles. The van der Waals surface area contributed by atoms with Crippen molar-refractivity contribution in [1.82, 2.24) is 0 Å². The average Bonchev–Trinajstić information content (AvgIpc) is 2.83. The monoisotopic (exact) mass is 171 g/mol. The molecule has 1 aliphatic carbocycles. The van der Waals surface area contributed by atoms with E-state index in [1.807, 2.05) is 13.8 Å². The molecular weight excluding hydrogens is 154 g/mol. The van der Waals surface area contributed by atoms with Gasteiger partial charge in [-0.05, 0) is 32.6 Å². The molecule has 0 atom stereocenters. The smallest absolute Gasteiger partial charge is 0.312 e.